The van der Waals surface area contributed by atoms with Crippen LogP contribution in [0.5, 0.6) is 0 Å². The van der Waals surface area contributed by atoms with Gasteiger partial charge in [-0.25, -0.2) is 9.97 Å². The van der Waals surface area contributed by atoms with Gasteiger partial charge >= 0.3 is 0 Å². The van der Waals surface area contributed by atoms with Gasteiger partial charge in [0.25, 0.3) is 0 Å². The summed E-state index contributed by atoms with van der Waals surface area (Å²) in [6.45, 7) is 2.09. The van der Waals surface area contributed by atoms with Gasteiger partial charge in [0.2, 0.25) is 0 Å². The van der Waals surface area contributed by atoms with Crippen molar-refractivity contribution < 1.29 is 0 Å². The Morgan fingerprint density at radius 3 is 2.94 bits per heavy atom. The Bertz CT molecular complexity index is 536. The lowest BCUT2D eigenvalue weighted by Gasteiger charge is -2.12. The van der Waals surface area contributed by atoms with E-state index in [9.17, 15) is 0 Å². The van der Waals surface area contributed by atoms with Gasteiger partial charge in [-0.15, -0.1) is 11.3 Å². The molecule has 0 saturated heterocycles. The molecule has 0 bridgehead atoms. The van der Waals surface area contributed by atoms with Crippen molar-refractivity contribution in [2.45, 2.75) is 25.8 Å². The topological polar surface area (TPSA) is 37.8 Å². The number of anilines is 1. The maximum atomic E-state index is 4.34. The van der Waals surface area contributed by atoms with Crippen molar-refractivity contribution in [3.8, 4) is 0 Å². The molecule has 1 aliphatic carbocycles. The zero-order valence-electron chi connectivity index (χ0n) is 9.10. The summed E-state index contributed by atoms with van der Waals surface area (Å²) in [5, 5.41) is 5.63. The first kappa shape index (κ1) is 9.78. The van der Waals surface area contributed by atoms with Gasteiger partial charge in [-0.2, -0.15) is 0 Å². The summed E-state index contributed by atoms with van der Waals surface area (Å²) >= 11 is 1.72. The maximum Gasteiger partial charge on any atom is 0.147 e. The Kier molecular flexibility index (Phi) is 2.36. The number of aromatic nitrogens is 2. The summed E-state index contributed by atoms with van der Waals surface area (Å²) < 4.78 is 1.17. The van der Waals surface area contributed by atoms with Crippen LogP contribution in [0.25, 0.3) is 10.2 Å². The lowest BCUT2D eigenvalue weighted by Crippen LogP contribution is -2.16. The highest BCUT2D eigenvalue weighted by Crippen LogP contribution is 2.29. The van der Waals surface area contributed by atoms with Gasteiger partial charge in [-0.1, -0.05) is 12.2 Å². The number of rotatable bonds is 2. The van der Waals surface area contributed by atoms with Gasteiger partial charge in [0, 0.05) is 6.04 Å². The van der Waals surface area contributed by atoms with Gasteiger partial charge in [0.15, 0.2) is 0 Å². The smallest absolute Gasteiger partial charge is 0.147 e. The van der Waals surface area contributed by atoms with E-state index in [-0.39, 0.29) is 0 Å². The fourth-order valence-electron chi connectivity index (χ4n) is 2.00. The van der Waals surface area contributed by atoms with E-state index in [2.05, 4.69) is 39.7 Å². The molecule has 0 fully saturated rings. The quantitative estimate of drug-likeness (QED) is 0.807. The van der Waals surface area contributed by atoms with Gasteiger partial charge < -0.3 is 5.32 Å². The van der Waals surface area contributed by atoms with Crippen LogP contribution in [-0.2, 0) is 0 Å². The minimum absolute atomic E-state index is 0.500. The van der Waals surface area contributed by atoms with Crippen molar-refractivity contribution in [2.75, 3.05) is 5.32 Å². The molecular formula is C12H13N3S. The first-order chi connectivity index (χ1) is 7.84. The molecule has 82 valence electrons. The molecule has 0 atom stereocenters. The SMILES string of the molecule is Cc1csc2c(NC3CC=CC3)ncnc12. The highest BCUT2D eigenvalue weighted by Gasteiger charge is 2.13. The van der Waals surface area contributed by atoms with Crippen LogP contribution in [0.4, 0.5) is 5.82 Å². The molecule has 1 N–H and O–H groups in total. The third-order valence-corrected chi connectivity index (χ3v) is 3.97. The van der Waals surface area contributed by atoms with E-state index >= 15 is 0 Å². The van der Waals surface area contributed by atoms with E-state index in [0.29, 0.717) is 6.04 Å². The van der Waals surface area contributed by atoms with E-state index in [4.69, 9.17) is 0 Å². The van der Waals surface area contributed by atoms with Crippen molar-refractivity contribution in [1.29, 1.82) is 0 Å². The number of fused-ring (bicyclic) bond motifs is 1. The third-order valence-electron chi connectivity index (χ3n) is 2.88. The Labute approximate surface area is 98.2 Å². The average Bonchev–Trinajstić information content (AvgIpc) is 2.90. The molecule has 0 aliphatic heterocycles. The Balaban J connectivity index is 1.96. The highest BCUT2D eigenvalue weighted by molar-refractivity contribution is 7.18. The second kappa shape index (κ2) is 3.87. The summed E-state index contributed by atoms with van der Waals surface area (Å²) in [6.07, 6.45) is 8.27. The monoisotopic (exact) mass is 231 g/mol. The molecule has 0 saturated carbocycles. The molecule has 3 nitrogen and oxygen atoms in total. The normalized spacial score (nSPS) is 16.1. The van der Waals surface area contributed by atoms with E-state index in [0.717, 1.165) is 24.2 Å². The first-order valence-corrected chi connectivity index (χ1v) is 6.33. The fraction of sp³-hybridized carbons (Fsp3) is 0.333. The molecule has 2 aromatic heterocycles. The number of aryl methyl sites for hydroxylation is 1. The highest BCUT2D eigenvalue weighted by atomic mass is 32.1. The van der Waals surface area contributed by atoms with Gasteiger partial charge in [-0.05, 0) is 30.7 Å². The summed E-state index contributed by atoms with van der Waals surface area (Å²) in [4.78, 5) is 8.66. The summed E-state index contributed by atoms with van der Waals surface area (Å²) in [6, 6.07) is 0.500. The number of hydrogen-bond donors (Lipinski definition) is 1. The lowest BCUT2D eigenvalue weighted by molar-refractivity contribution is 0.782. The number of nitrogens with zero attached hydrogens (tertiary/aromatic N) is 2. The van der Waals surface area contributed by atoms with E-state index in [1.54, 1.807) is 17.7 Å². The maximum absolute atomic E-state index is 4.34. The lowest BCUT2D eigenvalue weighted by atomic mass is 10.2. The predicted molar refractivity (Wildman–Crippen MR) is 67.9 cm³/mol. The molecule has 0 spiro atoms. The van der Waals surface area contributed by atoms with Crippen LogP contribution in [-0.4, -0.2) is 16.0 Å². The molecule has 0 unspecified atom stereocenters. The molecule has 3 rings (SSSR count). The molecule has 0 radical (unpaired) electrons. The zero-order chi connectivity index (χ0) is 11.0. The molecule has 16 heavy (non-hydrogen) atoms. The van der Waals surface area contributed by atoms with Gasteiger partial charge in [0.1, 0.15) is 12.1 Å². The second-order valence-corrected chi connectivity index (χ2v) is 4.98. The minimum Gasteiger partial charge on any atom is -0.365 e. The summed E-state index contributed by atoms with van der Waals surface area (Å²) in [5.74, 6) is 0.983. The van der Waals surface area contributed by atoms with Crippen molar-refractivity contribution in [2.24, 2.45) is 0 Å². The van der Waals surface area contributed by atoms with Gasteiger partial charge in [0.05, 0.1) is 10.2 Å². The van der Waals surface area contributed by atoms with Crippen LogP contribution >= 0.6 is 11.3 Å². The van der Waals surface area contributed by atoms with Crippen LogP contribution in [0.2, 0.25) is 0 Å². The molecule has 0 amide bonds. The number of hydrogen-bond acceptors (Lipinski definition) is 4. The van der Waals surface area contributed by atoms with Crippen molar-refractivity contribution in [1.82, 2.24) is 9.97 Å². The third kappa shape index (κ3) is 1.59. The van der Waals surface area contributed by atoms with Crippen LogP contribution < -0.4 is 5.32 Å². The molecule has 2 heterocycles. The molecular weight excluding hydrogens is 218 g/mol. The van der Waals surface area contributed by atoms with Crippen LogP contribution in [0.15, 0.2) is 23.9 Å². The predicted octanol–water partition coefficient (Wildman–Crippen LogP) is 3.13. The Hall–Kier alpha value is -1.42. The van der Waals surface area contributed by atoms with Gasteiger partial charge in [-0.3, -0.25) is 0 Å². The van der Waals surface area contributed by atoms with Crippen molar-refractivity contribution in [3.63, 3.8) is 0 Å². The molecule has 2 aromatic rings. The second-order valence-electron chi connectivity index (χ2n) is 4.10. The van der Waals surface area contributed by atoms with E-state index < -0.39 is 0 Å². The van der Waals surface area contributed by atoms with E-state index in [1.165, 1.54) is 10.3 Å². The van der Waals surface area contributed by atoms with Crippen LogP contribution in [0.1, 0.15) is 18.4 Å². The Morgan fingerprint density at radius 1 is 1.31 bits per heavy atom. The zero-order valence-corrected chi connectivity index (χ0v) is 9.92. The van der Waals surface area contributed by atoms with Crippen molar-refractivity contribution >= 4 is 27.4 Å². The van der Waals surface area contributed by atoms with Crippen LogP contribution in [0.3, 0.4) is 0 Å². The van der Waals surface area contributed by atoms with Crippen LogP contribution in [0, 0.1) is 6.92 Å². The Morgan fingerprint density at radius 2 is 2.12 bits per heavy atom. The summed E-state index contributed by atoms with van der Waals surface area (Å²) in [7, 11) is 0. The number of thiophene rings is 1. The molecule has 0 aromatic carbocycles. The molecule has 4 heteroatoms. The first-order valence-electron chi connectivity index (χ1n) is 5.45. The van der Waals surface area contributed by atoms with Crippen molar-refractivity contribution in [3.05, 3.63) is 29.4 Å². The average molecular weight is 231 g/mol. The molecule has 1 aliphatic rings. The standard InChI is InChI=1S/C12H13N3S/c1-8-6-16-11-10(8)13-7-14-12(11)15-9-4-2-3-5-9/h2-3,6-7,9H,4-5H2,1H3,(H,13,14,15). The fourth-order valence-corrected chi connectivity index (χ4v) is 2.96. The minimum atomic E-state index is 0.500. The summed E-state index contributed by atoms with van der Waals surface area (Å²) in [5.41, 5.74) is 2.31. The largest absolute Gasteiger partial charge is 0.365 e. The van der Waals surface area contributed by atoms with E-state index in [1.807, 2.05) is 0 Å². The number of nitrogens with one attached hydrogen (secondary N) is 1.